The van der Waals surface area contributed by atoms with Crippen molar-refractivity contribution in [2.45, 2.75) is 19.8 Å². The monoisotopic (exact) mass is 389 g/mol. The molecular weight excluding hydrogens is 368 g/mol. The number of hydrogen-bond acceptors (Lipinski definition) is 2. The molecule has 0 saturated heterocycles. The van der Waals surface area contributed by atoms with Gasteiger partial charge in [0.1, 0.15) is 22.9 Å². The van der Waals surface area contributed by atoms with Crippen molar-refractivity contribution in [1.82, 2.24) is 4.98 Å². The van der Waals surface area contributed by atoms with Gasteiger partial charge >= 0.3 is 0 Å². The average Bonchev–Trinajstić information content (AvgIpc) is 2.72. The van der Waals surface area contributed by atoms with E-state index >= 15 is 0 Å². The summed E-state index contributed by atoms with van der Waals surface area (Å²) >= 11 is 0. The van der Waals surface area contributed by atoms with Crippen LogP contribution in [0.1, 0.15) is 27.8 Å². The van der Waals surface area contributed by atoms with E-state index in [1.165, 1.54) is 24.3 Å². The molecule has 29 heavy (non-hydrogen) atoms. The zero-order valence-corrected chi connectivity index (χ0v) is 16.4. The van der Waals surface area contributed by atoms with Gasteiger partial charge in [0.2, 0.25) is 0 Å². The Morgan fingerprint density at radius 2 is 1.38 bits per heavy atom. The van der Waals surface area contributed by atoms with E-state index in [0.29, 0.717) is 12.8 Å². The molecule has 0 atom stereocenters. The zero-order chi connectivity index (χ0) is 20.4. The van der Waals surface area contributed by atoms with Crippen molar-refractivity contribution < 1.29 is 13.5 Å². The Balaban J connectivity index is 1.78. The Morgan fingerprint density at radius 3 is 1.97 bits per heavy atom. The Kier molecular flexibility index (Phi) is 5.26. The Labute approximate surface area is 168 Å². The van der Waals surface area contributed by atoms with Gasteiger partial charge in [0.05, 0.1) is 7.11 Å². The molecule has 146 valence electrons. The van der Waals surface area contributed by atoms with Gasteiger partial charge in [-0.1, -0.05) is 30.3 Å². The molecule has 2 nitrogen and oxygen atoms in total. The topological polar surface area (TPSA) is 22.1 Å². The summed E-state index contributed by atoms with van der Waals surface area (Å²) in [5.41, 5.74) is 6.02. The summed E-state index contributed by atoms with van der Waals surface area (Å²) in [5, 5.41) is 1.01. The second-order valence-electron chi connectivity index (χ2n) is 7.23. The van der Waals surface area contributed by atoms with Crippen molar-refractivity contribution in [3.8, 4) is 5.75 Å². The number of methoxy groups -OCH3 is 1. The standard InChI is InChI=1S/C25H21F2NO/c1-16-11-20(13-18-5-9-22(27)10-6-18)23-14-19(15-28-24(23)25(16)29-2)12-17-3-7-21(26)8-4-17/h3-11,14-15H,12-13H2,1-2H3. The highest BCUT2D eigenvalue weighted by molar-refractivity contribution is 5.89. The molecule has 4 heteroatoms. The largest absolute Gasteiger partial charge is 0.494 e. The first-order chi connectivity index (χ1) is 14.0. The molecule has 0 N–H and O–H groups in total. The van der Waals surface area contributed by atoms with Gasteiger partial charge in [-0.25, -0.2) is 8.78 Å². The fourth-order valence-electron chi connectivity index (χ4n) is 3.69. The minimum absolute atomic E-state index is 0.243. The third-order valence-electron chi connectivity index (χ3n) is 5.09. The van der Waals surface area contributed by atoms with Crippen LogP contribution >= 0.6 is 0 Å². The molecule has 0 spiro atoms. The minimum atomic E-state index is -0.243. The molecule has 0 radical (unpaired) electrons. The fraction of sp³-hybridized carbons (Fsp3) is 0.160. The summed E-state index contributed by atoms with van der Waals surface area (Å²) < 4.78 is 32.1. The second kappa shape index (κ2) is 8.00. The summed E-state index contributed by atoms with van der Waals surface area (Å²) in [4.78, 5) is 4.68. The molecule has 4 rings (SSSR count). The van der Waals surface area contributed by atoms with Gasteiger partial charge in [-0.05, 0) is 77.9 Å². The maximum atomic E-state index is 13.3. The second-order valence-corrected chi connectivity index (χ2v) is 7.23. The van der Waals surface area contributed by atoms with Crippen LogP contribution in [0.15, 0.2) is 66.9 Å². The van der Waals surface area contributed by atoms with Gasteiger partial charge in [0.15, 0.2) is 0 Å². The normalized spacial score (nSPS) is 11.0. The van der Waals surface area contributed by atoms with Gasteiger partial charge in [0.25, 0.3) is 0 Å². The number of rotatable bonds is 5. The maximum absolute atomic E-state index is 13.3. The number of nitrogens with zero attached hydrogens (tertiary/aromatic N) is 1. The predicted molar refractivity (Wildman–Crippen MR) is 111 cm³/mol. The quantitative estimate of drug-likeness (QED) is 0.417. The Morgan fingerprint density at radius 1 is 0.793 bits per heavy atom. The first-order valence-corrected chi connectivity index (χ1v) is 9.47. The molecule has 0 amide bonds. The van der Waals surface area contributed by atoms with E-state index < -0.39 is 0 Å². The SMILES string of the molecule is COc1c(C)cc(Cc2ccc(F)cc2)c2cc(Cc3ccc(F)cc3)cnc12. The molecule has 3 aromatic carbocycles. The summed E-state index contributed by atoms with van der Waals surface area (Å²) in [5.74, 6) is 0.274. The van der Waals surface area contributed by atoms with E-state index in [-0.39, 0.29) is 11.6 Å². The number of hydrogen-bond donors (Lipinski definition) is 0. The lowest BCUT2D eigenvalue weighted by molar-refractivity contribution is 0.415. The lowest BCUT2D eigenvalue weighted by atomic mass is 9.95. The number of benzene rings is 3. The summed E-state index contributed by atoms with van der Waals surface area (Å²) in [7, 11) is 1.65. The number of fused-ring (bicyclic) bond motifs is 1. The van der Waals surface area contributed by atoms with E-state index in [4.69, 9.17) is 4.74 Å². The number of ether oxygens (including phenoxy) is 1. The third-order valence-corrected chi connectivity index (χ3v) is 5.09. The van der Waals surface area contributed by atoms with Crippen LogP contribution in [0, 0.1) is 18.6 Å². The first kappa shape index (κ1) is 19.1. The van der Waals surface area contributed by atoms with Gasteiger partial charge in [-0.2, -0.15) is 0 Å². The molecule has 0 saturated carbocycles. The highest BCUT2D eigenvalue weighted by Crippen LogP contribution is 2.33. The van der Waals surface area contributed by atoms with Gasteiger partial charge < -0.3 is 4.74 Å². The van der Waals surface area contributed by atoms with E-state index in [2.05, 4.69) is 17.1 Å². The first-order valence-electron chi connectivity index (χ1n) is 9.47. The number of aromatic nitrogens is 1. The summed E-state index contributed by atoms with van der Waals surface area (Å²) in [6.07, 6.45) is 3.17. The minimum Gasteiger partial charge on any atom is -0.494 e. The lowest BCUT2D eigenvalue weighted by Crippen LogP contribution is -1.99. The molecule has 0 fully saturated rings. The van der Waals surface area contributed by atoms with E-state index in [9.17, 15) is 8.78 Å². The van der Waals surface area contributed by atoms with Crippen molar-refractivity contribution in [3.05, 3.63) is 106 Å². The zero-order valence-electron chi connectivity index (χ0n) is 16.4. The van der Waals surface area contributed by atoms with Gasteiger partial charge in [-0.3, -0.25) is 4.98 Å². The van der Waals surface area contributed by atoms with Crippen LogP contribution in [0.25, 0.3) is 10.9 Å². The smallest absolute Gasteiger partial charge is 0.147 e. The molecule has 1 heterocycles. The van der Waals surface area contributed by atoms with Crippen molar-refractivity contribution in [2.75, 3.05) is 7.11 Å². The average molecular weight is 389 g/mol. The van der Waals surface area contributed by atoms with Crippen molar-refractivity contribution in [2.24, 2.45) is 0 Å². The molecular formula is C25H21F2NO. The molecule has 0 bridgehead atoms. The molecule has 0 unspecified atom stereocenters. The molecule has 1 aromatic heterocycles. The van der Waals surface area contributed by atoms with E-state index in [1.807, 2.05) is 13.1 Å². The highest BCUT2D eigenvalue weighted by Gasteiger charge is 2.13. The van der Waals surface area contributed by atoms with Crippen LogP contribution in [-0.2, 0) is 12.8 Å². The van der Waals surface area contributed by atoms with Crippen molar-refractivity contribution in [1.29, 1.82) is 0 Å². The highest BCUT2D eigenvalue weighted by atomic mass is 19.1. The third kappa shape index (κ3) is 4.11. The summed E-state index contributed by atoms with van der Waals surface area (Å²) in [6, 6.07) is 17.3. The van der Waals surface area contributed by atoms with E-state index in [0.717, 1.165) is 44.5 Å². The van der Waals surface area contributed by atoms with Gasteiger partial charge in [-0.15, -0.1) is 0 Å². The van der Waals surface area contributed by atoms with Crippen LogP contribution in [0.2, 0.25) is 0 Å². The maximum Gasteiger partial charge on any atom is 0.147 e. The Hall–Kier alpha value is -3.27. The molecule has 0 aliphatic carbocycles. The van der Waals surface area contributed by atoms with Crippen LogP contribution in [0.3, 0.4) is 0 Å². The van der Waals surface area contributed by atoms with Crippen LogP contribution in [0.4, 0.5) is 8.78 Å². The number of pyridine rings is 1. The fourth-order valence-corrected chi connectivity index (χ4v) is 3.69. The number of halogens is 2. The Bertz CT molecular complexity index is 1150. The van der Waals surface area contributed by atoms with E-state index in [1.54, 1.807) is 31.4 Å². The summed E-state index contributed by atoms with van der Waals surface area (Å²) in [6.45, 7) is 2.00. The van der Waals surface area contributed by atoms with Crippen LogP contribution in [-0.4, -0.2) is 12.1 Å². The van der Waals surface area contributed by atoms with Crippen molar-refractivity contribution in [3.63, 3.8) is 0 Å². The molecule has 0 aliphatic rings. The lowest BCUT2D eigenvalue weighted by Gasteiger charge is -2.14. The predicted octanol–water partition coefficient (Wildman–Crippen LogP) is 6.01. The number of aryl methyl sites for hydroxylation is 1. The van der Waals surface area contributed by atoms with Crippen molar-refractivity contribution >= 4 is 10.9 Å². The van der Waals surface area contributed by atoms with Crippen LogP contribution in [0.5, 0.6) is 5.75 Å². The van der Waals surface area contributed by atoms with Crippen LogP contribution < -0.4 is 4.74 Å². The molecule has 4 aromatic rings. The molecule has 0 aliphatic heterocycles. The van der Waals surface area contributed by atoms with Gasteiger partial charge in [0, 0.05) is 11.6 Å².